The van der Waals surface area contributed by atoms with Gasteiger partial charge in [-0.05, 0) is 97.0 Å². The van der Waals surface area contributed by atoms with Crippen LogP contribution >= 0.6 is 11.9 Å². The fraction of sp³-hybridized carbons (Fsp3) is 0.444. The maximum atomic E-state index is 14.1. The Morgan fingerprint density at radius 3 is 2.58 bits per heavy atom. The highest BCUT2D eigenvalue weighted by atomic mass is 32.2. The third-order valence-corrected chi connectivity index (χ3v) is 7.84. The van der Waals surface area contributed by atoms with Gasteiger partial charge < -0.3 is 4.31 Å². The number of rotatable bonds is 4. The normalized spacial score (nSPS) is 19.5. The molecule has 0 N–H and O–H groups in total. The molecule has 31 heavy (non-hydrogen) atoms. The highest BCUT2D eigenvalue weighted by Crippen LogP contribution is 2.51. The molecule has 0 amide bonds. The number of ketones is 1. The number of nitrogens with zero attached hydrogens (tertiary/aromatic N) is 1. The minimum Gasteiger partial charge on any atom is -0.308 e. The summed E-state index contributed by atoms with van der Waals surface area (Å²) in [5.41, 5.74) is 9.62. The Morgan fingerprint density at radius 1 is 1.23 bits per heavy atom. The molecule has 0 fully saturated rings. The number of anilines is 1. The standard InChI is InChI=1S/C27H32FNOS/c1-16(30)13-22-17(2)26-25(15-24(22)19-9-11-27(4,5)12-10-19)21-8-7-20(28)14-23(21)18(3)29(26)31-6/h7-9,14-15,18H,10-13H2,1-6H3/t18-/m1/s1. The van der Waals surface area contributed by atoms with Crippen LogP contribution in [-0.2, 0) is 11.2 Å². The number of fused-ring (bicyclic) bond motifs is 3. The van der Waals surface area contributed by atoms with Crippen LogP contribution in [0.1, 0.15) is 75.3 Å². The van der Waals surface area contributed by atoms with Crippen molar-refractivity contribution in [2.24, 2.45) is 5.41 Å². The Hall–Kier alpha value is -2.07. The lowest BCUT2D eigenvalue weighted by molar-refractivity contribution is -0.116. The van der Waals surface area contributed by atoms with Crippen LogP contribution < -0.4 is 4.31 Å². The topological polar surface area (TPSA) is 20.3 Å². The van der Waals surface area contributed by atoms with Crippen LogP contribution in [0.2, 0.25) is 0 Å². The van der Waals surface area contributed by atoms with E-state index >= 15 is 0 Å². The number of hydrogen-bond acceptors (Lipinski definition) is 3. The Balaban J connectivity index is 2.00. The van der Waals surface area contributed by atoms with Gasteiger partial charge in [-0.3, -0.25) is 4.79 Å². The van der Waals surface area contributed by atoms with Crippen molar-refractivity contribution in [1.29, 1.82) is 0 Å². The van der Waals surface area contributed by atoms with Gasteiger partial charge in [0, 0.05) is 18.2 Å². The van der Waals surface area contributed by atoms with E-state index in [9.17, 15) is 9.18 Å². The first-order valence-electron chi connectivity index (χ1n) is 11.1. The lowest BCUT2D eigenvalue weighted by atomic mass is 9.75. The average molecular weight is 438 g/mol. The van der Waals surface area contributed by atoms with Crippen molar-refractivity contribution in [3.63, 3.8) is 0 Å². The Kier molecular flexibility index (Phi) is 5.80. The maximum absolute atomic E-state index is 14.1. The van der Waals surface area contributed by atoms with Gasteiger partial charge in [0.2, 0.25) is 0 Å². The molecule has 0 aromatic heterocycles. The van der Waals surface area contributed by atoms with Crippen LogP contribution in [-0.4, -0.2) is 12.0 Å². The summed E-state index contributed by atoms with van der Waals surface area (Å²) in [6.45, 7) is 10.6. The molecule has 2 aromatic carbocycles. The van der Waals surface area contributed by atoms with E-state index in [0.29, 0.717) is 11.8 Å². The van der Waals surface area contributed by atoms with E-state index in [-0.39, 0.29) is 17.6 Å². The molecule has 0 radical (unpaired) electrons. The van der Waals surface area contributed by atoms with E-state index in [1.165, 1.54) is 16.7 Å². The van der Waals surface area contributed by atoms with Crippen LogP contribution in [0.15, 0.2) is 30.3 Å². The lowest BCUT2D eigenvalue weighted by Crippen LogP contribution is -2.26. The minimum atomic E-state index is -0.197. The zero-order valence-electron chi connectivity index (χ0n) is 19.4. The van der Waals surface area contributed by atoms with E-state index in [1.807, 2.05) is 6.07 Å². The molecule has 1 atom stereocenters. The number of benzene rings is 2. The highest BCUT2D eigenvalue weighted by Gasteiger charge is 2.33. The molecule has 1 aliphatic heterocycles. The summed E-state index contributed by atoms with van der Waals surface area (Å²) >= 11 is 1.66. The van der Waals surface area contributed by atoms with E-state index < -0.39 is 0 Å². The number of carbonyl (C=O) groups excluding carboxylic acids is 1. The first-order chi connectivity index (χ1) is 14.6. The summed E-state index contributed by atoms with van der Waals surface area (Å²) in [5, 5.41) is 0. The molecule has 2 nitrogen and oxygen atoms in total. The quantitative estimate of drug-likeness (QED) is 0.457. The summed E-state index contributed by atoms with van der Waals surface area (Å²) in [4.78, 5) is 12.2. The van der Waals surface area contributed by atoms with Crippen molar-refractivity contribution in [2.45, 2.75) is 66.3 Å². The SMILES string of the molecule is CSN1c2c(cc(C3=CCC(C)(C)CC3)c(CC(C)=O)c2C)-c2ccc(F)cc2[C@H]1C. The molecule has 0 saturated carbocycles. The van der Waals surface area contributed by atoms with Gasteiger partial charge in [-0.25, -0.2) is 4.39 Å². The molecule has 0 spiro atoms. The Labute approximate surface area is 190 Å². The molecule has 1 heterocycles. The number of halogens is 1. The predicted octanol–water partition coefficient (Wildman–Crippen LogP) is 7.69. The molecule has 0 bridgehead atoms. The summed E-state index contributed by atoms with van der Waals surface area (Å²) in [7, 11) is 0. The average Bonchev–Trinajstić information content (AvgIpc) is 2.70. The van der Waals surface area contributed by atoms with Crippen molar-refractivity contribution in [3.05, 3.63) is 58.4 Å². The zero-order valence-corrected chi connectivity index (χ0v) is 20.3. The molecule has 2 aliphatic rings. The van der Waals surface area contributed by atoms with Gasteiger partial charge in [0.1, 0.15) is 11.6 Å². The van der Waals surface area contributed by atoms with Gasteiger partial charge in [-0.2, -0.15) is 0 Å². The number of carbonyl (C=O) groups is 1. The van der Waals surface area contributed by atoms with Gasteiger partial charge in [0.05, 0.1) is 11.7 Å². The van der Waals surface area contributed by atoms with Gasteiger partial charge in [0.25, 0.3) is 0 Å². The van der Waals surface area contributed by atoms with E-state index in [2.05, 4.69) is 50.4 Å². The van der Waals surface area contributed by atoms with Crippen LogP contribution in [0.25, 0.3) is 16.7 Å². The van der Waals surface area contributed by atoms with Gasteiger partial charge in [-0.1, -0.05) is 37.9 Å². The van der Waals surface area contributed by atoms with Crippen LogP contribution in [0.4, 0.5) is 10.1 Å². The molecular formula is C27H32FNOS. The zero-order chi connectivity index (χ0) is 22.5. The second-order valence-corrected chi connectivity index (χ2v) is 10.6. The highest BCUT2D eigenvalue weighted by molar-refractivity contribution is 8.00. The molecule has 0 unspecified atom stereocenters. The fourth-order valence-electron chi connectivity index (χ4n) is 5.11. The Morgan fingerprint density at radius 2 is 1.97 bits per heavy atom. The molecule has 1 aliphatic carbocycles. The monoisotopic (exact) mass is 437 g/mol. The minimum absolute atomic E-state index is 0.0534. The number of Topliss-reactive ketones (excluding diaryl/α,β-unsaturated/α-hetero) is 1. The van der Waals surface area contributed by atoms with E-state index in [4.69, 9.17) is 0 Å². The molecule has 0 saturated heterocycles. The largest absolute Gasteiger partial charge is 0.308 e. The van der Waals surface area contributed by atoms with Crippen molar-refractivity contribution in [3.8, 4) is 11.1 Å². The summed E-state index contributed by atoms with van der Waals surface area (Å²) in [6.07, 6.45) is 8.10. The molecule has 4 heteroatoms. The number of hydrogen-bond donors (Lipinski definition) is 0. The number of allylic oxidation sites excluding steroid dienone is 2. The van der Waals surface area contributed by atoms with Crippen LogP contribution in [0.5, 0.6) is 0 Å². The first kappa shape index (κ1) is 22.1. The molecule has 4 rings (SSSR count). The smallest absolute Gasteiger partial charge is 0.134 e. The third kappa shape index (κ3) is 3.95. The van der Waals surface area contributed by atoms with Gasteiger partial charge >= 0.3 is 0 Å². The lowest BCUT2D eigenvalue weighted by Gasteiger charge is -2.39. The van der Waals surface area contributed by atoms with Crippen LogP contribution in [0, 0.1) is 18.2 Å². The van der Waals surface area contributed by atoms with Gasteiger partial charge in [-0.15, -0.1) is 0 Å². The summed E-state index contributed by atoms with van der Waals surface area (Å²) in [5.74, 6) is -0.0134. The summed E-state index contributed by atoms with van der Waals surface area (Å²) in [6, 6.07) is 7.48. The second kappa shape index (κ2) is 8.12. The van der Waals surface area contributed by atoms with Crippen molar-refractivity contribution < 1.29 is 9.18 Å². The first-order valence-corrected chi connectivity index (χ1v) is 12.3. The van der Waals surface area contributed by atoms with Crippen molar-refractivity contribution in [2.75, 3.05) is 10.6 Å². The van der Waals surface area contributed by atoms with Crippen molar-refractivity contribution >= 4 is 29.0 Å². The Bertz CT molecular complexity index is 1090. The molecule has 164 valence electrons. The maximum Gasteiger partial charge on any atom is 0.134 e. The van der Waals surface area contributed by atoms with E-state index in [0.717, 1.165) is 47.2 Å². The van der Waals surface area contributed by atoms with Crippen molar-refractivity contribution in [1.82, 2.24) is 0 Å². The van der Waals surface area contributed by atoms with E-state index in [1.54, 1.807) is 31.0 Å². The summed E-state index contributed by atoms with van der Waals surface area (Å²) < 4.78 is 16.4. The molecule has 2 aromatic rings. The van der Waals surface area contributed by atoms with Crippen LogP contribution in [0.3, 0.4) is 0 Å². The predicted molar refractivity (Wildman–Crippen MR) is 131 cm³/mol. The second-order valence-electron chi connectivity index (χ2n) is 9.82. The molecular weight excluding hydrogens is 405 g/mol. The van der Waals surface area contributed by atoms with Gasteiger partial charge in [0.15, 0.2) is 0 Å². The third-order valence-electron chi connectivity index (χ3n) is 6.94. The fourth-order valence-corrected chi connectivity index (χ4v) is 5.96.